The molecule has 0 aromatic rings. The first-order chi connectivity index (χ1) is 10.8. The molecule has 2 aliphatic carbocycles. The molecule has 2 rings (SSSR count). The number of unbranched alkanes of at least 4 members (excludes halogenated alkanes) is 5. The molecular formula is C21H36O2. The highest BCUT2D eigenvalue weighted by Crippen LogP contribution is 2.69. The molecule has 2 aliphatic rings. The molecule has 0 spiro atoms. The quantitative estimate of drug-likeness (QED) is 0.300. The summed E-state index contributed by atoms with van der Waals surface area (Å²) in [4.78, 5) is 12.4. The molecule has 2 fully saturated rings. The zero-order chi connectivity index (χ0) is 17.1. The highest BCUT2D eigenvalue weighted by atomic mass is 16.5. The number of esters is 1. The second-order valence-corrected chi connectivity index (χ2v) is 8.59. The molecule has 0 aliphatic heterocycles. The highest BCUT2D eigenvalue weighted by molar-refractivity contribution is 5.88. The predicted molar refractivity (Wildman–Crippen MR) is 96.2 cm³/mol. The van der Waals surface area contributed by atoms with Crippen LogP contribution < -0.4 is 0 Å². The van der Waals surface area contributed by atoms with Crippen molar-refractivity contribution in [1.29, 1.82) is 0 Å². The first-order valence-electron chi connectivity index (χ1n) is 9.70. The van der Waals surface area contributed by atoms with Crippen molar-refractivity contribution in [2.24, 2.45) is 22.7 Å². The first-order valence-corrected chi connectivity index (χ1v) is 9.70. The van der Waals surface area contributed by atoms with Crippen LogP contribution in [0, 0.1) is 22.7 Å². The van der Waals surface area contributed by atoms with Gasteiger partial charge in [0.2, 0.25) is 0 Å². The maximum absolute atomic E-state index is 12.4. The van der Waals surface area contributed by atoms with E-state index in [4.69, 9.17) is 4.74 Å². The summed E-state index contributed by atoms with van der Waals surface area (Å²) in [6.45, 7) is 14.0. The van der Waals surface area contributed by atoms with Gasteiger partial charge in [0.25, 0.3) is 0 Å². The Hall–Kier alpha value is -0.790. The molecule has 0 aromatic heterocycles. The van der Waals surface area contributed by atoms with Gasteiger partial charge >= 0.3 is 5.97 Å². The lowest BCUT2D eigenvalue weighted by atomic mass is 9.65. The second kappa shape index (κ2) is 7.40. The van der Waals surface area contributed by atoms with E-state index in [1.165, 1.54) is 38.5 Å². The van der Waals surface area contributed by atoms with E-state index in [1.807, 2.05) is 0 Å². The fourth-order valence-corrected chi connectivity index (χ4v) is 5.01. The van der Waals surface area contributed by atoms with Crippen molar-refractivity contribution in [2.75, 3.05) is 6.61 Å². The Morgan fingerprint density at radius 1 is 1.13 bits per heavy atom. The van der Waals surface area contributed by atoms with E-state index in [-0.39, 0.29) is 11.4 Å². The van der Waals surface area contributed by atoms with Gasteiger partial charge in [0, 0.05) is 5.57 Å². The minimum atomic E-state index is -0.145. The van der Waals surface area contributed by atoms with Crippen molar-refractivity contribution in [3.8, 4) is 0 Å². The molecular weight excluding hydrogens is 284 g/mol. The van der Waals surface area contributed by atoms with Gasteiger partial charge in [0.15, 0.2) is 0 Å². The van der Waals surface area contributed by atoms with Gasteiger partial charge < -0.3 is 4.74 Å². The maximum atomic E-state index is 12.4. The zero-order valence-electron chi connectivity index (χ0n) is 15.7. The van der Waals surface area contributed by atoms with Crippen LogP contribution >= 0.6 is 0 Å². The highest BCUT2D eigenvalue weighted by Gasteiger charge is 2.62. The maximum Gasteiger partial charge on any atom is 0.333 e. The van der Waals surface area contributed by atoms with E-state index in [0.29, 0.717) is 17.9 Å². The molecule has 3 atom stereocenters. The second-order valence-electron chi connectivity index (χ2n) is 8.59. The molecule has 0 radical (unpaired) electrons. The third-order valence-corrected chi connectivity index (χ3v) is 7.21. The summed E-state index contributed by atoms with van der Waals surface area (Å²) in [5.74, 6) is 0.905. The Bertz CT molecular complexity index is 437. The molecule has 132 valence electrons. The Labute approximate surface area is 143 Å². The number of fused-ring (bicyclic) bond motifs is 2. The van der Waals surface area contributed by atoms with E-state index in [1.54, 1.807) is 0 Å². The van der Waals surface area contributed by atoms with Crippen LogP contribution in [0.3, 0.4) is 0 Å². The minimum absolute atomic E-state index is 0.145. The fraction of sp³-hybridized carbons (Fsp3) is 0.857. The first kappa shape index (κ1) is 18.5. The van der Waals surface area contributed by atoms with E-state index in [2.05, 4.69) is 34.3 Å². The fourth-order valence-electron chi connectivity index (χ4n) is 5.01. The van der Waals surface area contributed by atoms with Crippen molar-refractivity contribution >= 4 is 5.97 Å². The van der Waals surface area contributed by atoms with Gasteiger partial charge in [0.05, 0.1) is 6.61 Å². The van der Waals surface area contributed by atoms with Gasteiger partial charge in [-0.25, -0.2) is 4.79 Å². The average molecular weight is 321 g/mol. The van der Waals surface area contributed by atoms with Crippen molar-refractivity contribution in [3.05, 3.63) is 12.2 Å². The van der Waals surface area contributed by atoms with E-state index in [9.17, 15) is 4.79 Å². The van der Waals surface area contributed by atoms with Crippen molar-refractivity contribution < 1.29 is 9.53 Å². The van der Waals surface area contributed by atoms with Gasteiger partial charge in [-0.3, -0.25) is 0 Å². The summed E-state index contributed by atoms with van der Waals surface area (Å²) >= 11 is 0. The normalized spacial score (nSPS) is 31.3. The standard InChI is InChI=1S/C21H36O2/c1-6-7-8-9-10-11-14-23-19(22)16(2)18-15-17-12-13-21(18,5)20(17,3)4/h17-18H,2,6-15H2,1,3-5H3/t17-,18?,21-/m1/s1. The monoisotopic (exact) mass is 320 g/mol. The van der Waals surface area contributed by atoms with Crippen molar-refractivity contribution in [1.82, 2.24) is 0 Å². The van der Waals surface area contributed by atoms with Crippen LogP contribution in [0.25, 0.3) is 0 Å². The van der Waals surface area contributed by atoms with Crippen LogP contribution in [0.2, 0.25) is 0 Å². The van der Waals surface area contributed by atoms with Gasteiger partial charge in [-0.15, -0.1) is 0 Å². The number of hydrogen-bond donors (Lipinski definition) is 0. The van der Waals surface area contributed by atoms with Crippen LogP contribution in [0.4, 0.5) is 0 Å². The Kier molecular flexibility index (Phi) is 5.97. The van der Waals surface area contributed by atoms with E-state index < -0.39 is 0 Å². The minimum Gasteiger partial charge on any atom is -0.462 e. The largest absolute Gasteiger partial charge is 0.462 e. The molecule has 2 saturated carbocycles. The number of hydrogen-bond acceptors (Lipinski definition) is 2. The Morgan fingerprint density at radius 3 is 2.35 bits per heavy atom. The van der Waals surface area contributed by atoms with Crippen LogP contribution in [0.15, 0.2) is 12.2 Å². The molecule has 0 N–H and O–H groups in total. The topological polar surface area (TPSA) is 26.3 Å². The smallest absolute Gasteiger partial charge is 0.333 e. The Morgan fingerprint density at radius 2 is 1.78 bits per heavy atom. The van der Waals surface area contributed by atoms with E-state index in [0.717, 1.165) is 30.8 Å². The molecule has 1 unspecified atom stereocenters. The number of carbonyl (C=O) groups is 1. The lowest BCUT2D eigenvalue weighted by Gasteiger charge is -2.39. The van der Waals surface area contributed by atoms with Gasteiger partial charge in [-0.05, 0) is 48.3 Å². The van der Waals surface area contributed by atoms with Crippen LogP contribution in [-0.2, 0) is 9.53 Å². The molecule has 0 aromatic carbocycles. The molecule has 0 saturated heterocycles. The van der Waals surface area contributed by atoms with Gasteiger partial charge in [-0.1, -0.05) is 66.4 Å². The molecule has 2 bridgehead atoms. The summed E-state index contributed by atoms with van der Waals surface area (Å²) < 4.78 is 5.51. The summed E-state index contributed by atoms with van der Waals surface area (Å²) in [7, 11) is 0. The molecule has 2 nitrogen and oxygen atoms in total. The lowest BCUT2D eigenvalue weighted by Crippen LogP contribution is -2.34. The number of carbonyl (C=O) groups excluding carboxylic acids is 1. The Balaban J connectivity index is 1.75. The van der Waals surface area contributed by atoms with Crippen molar-refractivity contribution in [3.63, 3.8) is 0 Å². The summed E-state index contributed by atoms with van der Waals surface area (Å²) in [5, 5.41) is 0. The molecule has 0 heterocycles. The number of rotatable bonds is 9. The summed E-state index contributed by atoms with van der Waals surface area (Å²) in [5.41, 5.74) is 1.27. The van der Waals surface area contributed by atoms with Crippen LogP contribution in [0.1, 0.15) is 85.5 Å². The summed E-state index contributed by atoms with van der Waals surface area (Å²) in [6, 6.07) is 0. The lowest BCUT2D eigenvalue weighted by molar-refractivity contribution is -0.140. The predicted octanol–water partition coefficient (Wildman–Crippen LogP) is 5.91. The van der Waals surface area contributed by atoms with E-state index >= 15 is 0 Å². The zero-order valence-corrected chi connectivity index (χ0v) is 15.7. The SMILES string of the molecule is C=C(C(=O)OCCCCCCCC)C1C[C@H]2CC[C@@]1(C)C2(C)C. The van der Waals surface area contributed by atoms with Gasteiger partial charge in [-0.2, -0.15) is 0 Å². The van der Waals surface area contributed by atoms with Crippen LogP contribution in [0.5, 0.6) is 0 Å². The third-order valence-electron chi connectivity index (χ3n) is 7.21. The summed E-state index contributed by atoms with van der Waals surface area (Å²) in [6.07, 6.45) is 10.9. The van der Waals surface area contributed by atoms with Crippen molar-refractivity contribution in [2.45, 2.75) is 85.5 Å². The average Bonchev–Trinajstić information content (AvgIpc) is 2.86. The molecule has 0 amide bonds. The molecule has 2 heteroatoms. The van der Waals surface area contributed by atoms with Crippen LogP contribution in [-0.4, -0.2) is 12.6 Å². The number of ether oxygens (including phenoxy) is 1. The molecule has 23 heavy (non-hydrogen) atoms. The third kappa shape index (κ3) is 3.51. The van der Waals surface area contributed by atoms with Gasteiger partial charge in [0.1, 0.15) is 0 Å².